The van der Waals surface area contributed by atoms with E-state index in [1.54, 1.807) is 0 Å². The third-order valence-electron chi connectivity index (χ3n) is 2.75. The van der Waals surface area contributed by atoms with Gasteiger partial charge in [-0.2, -0.15) is 0 Å². The van der Waals surface area contributed by atoms with Gasteiger partial charge in [0.25, 0.3) is 0 Å². The fourth-order valence-corrected chi connectivity index (χ4v) is 1.04. The molecule has 17 heavy (non-hydrogen) atoms. The highest BCUT2D eigenvalue weighted by Crippen LogP contribution is 2.08. The number of ketones is 1. The third kappa shape index (κ3) is 9.27. The molecular formula is C13H27NO3. The Morgan fingerprint density at radius 2 is 1.71 bits per heavy atom. The van der Waals surface area contributed by atoms with Gasteiger partial charge in [-0.3, -0.25) is 9.69 Å². The van der Waals surface area contributed by atoms with E-state index in [-0.39, 0.29) is 17.9 Å². The van der Waals surface area contributed by atoms with Gasteiger partial charge in [0.1, 0.15) is 6.61 Å². The number of Topliss-reactive ketones (excluding diaryl/α,β-unsaturated/α-hetero) is 1. The van der Waals surface area contributed by atoms with Gasteiger partial charge in [0.05, 0.1) is 19.8 Å². The standard InChI is InChI=1S/C13H27NO3/c1-6-12(15)11-17-10-9-16-8-7-14(5)13(2,3)4/h6-11H2,1-5H3. The second kappa shape index (κ2) is 8.61. The van der Waals surface area contributed by atoms with E-state index in [2.05, 4.69) is 32.7 Å². The molecule has 0 heterocycles. The Bertz CT molecular complexity index is 211. The number of hydrogen-bond donors (Lipinski definition) is 0. The van der Waals surface area contributed by atoms with Gasteiger partial charge in [-0.25, -0.2) is 0 Å². The number of rotatable bonds is 9. The molecule has 4 nitrogen and oxygen atoms in total. The Morgan fingerprint density at radius 1 is 1.12 bits per heavy atom. The van der Waals surface area contributed by atoms with E-state index in [4.69, 9.17) is 9.47 Å². The van der Waals surface area contributed by atoms with Gasteiger partial charge >= 0.3 is 0 Å². The molecule has 0 aliphatic heterocycles. The van der Waals surface area contributed by atoms with Crippen LogP contribution in [0.15, 0.2) is 0 Å². The number of likely N-dealkylation sites (N-methyl/N-ethyl adjacent to an activating group) is 1. The maximum absolute atomic E-state index is 10.9. The van der Waals surface area contributed by atoms with Crippen LogP contribution < -0.4 is 0 Å². The van der Waals surface area contributed by atoms with E-state index in [9.17, 15) is 4.79 Å². The lowest BCUT2D eigenvalue weighted by Gasteiger charge is -2.31. The maximum atomic E-state index is 10.9. The molecule has 0 spiro atoms. The Hall–Kier alpha value is -0.450. The average molecular weight is 245 g/mol. The molecule has 0 saturated heterocycles. The first-order valence-corrected chi connectivity index (χ1v) is 6.26. The van der Waals surface area contributed by atoms with Crippen molar-refractivity contribution in [3.05, 3.63) is 0 Å². The van der Waals surface area contributed by atoms with Crippen molar-refractivity contribution in [2.75, 3.05) is 40.0 Å². The number of carbonyl (C=O) groups excluding carboxylic acids is 1. The van der Waals surface area contributed by atoms with Crippen molar-refractivity contribution in [1.29, 1.82) is 0 Å². The number of ether oxygens (including phenoxy) is 2. The molecule has 0 aromatic rings. The average Bonchev–Trinajstić information content (AvgIpc) is 2.25. The number of nitrogens with zero attached hydrogens (tertiary/aromatic N) is 1. The maximum Gasteiger partial charge on any atom is 0.158 e. The fourth-order valence-electron chi connectivity index (χ4n) is 1.04. The summed E-state index contributed by atoms with van der Waals surface area (Å²) < 4.78 is 10.6. The van der Waals surface area contributed by atoms with Crippen molar-refractivity contribution in [3.63, 3.8) is 0 Å². The smallest absolute Gasteiger partial charge is 0.158 e. The zero-order chi connectivity index (χ0) is 13.3. The van der Waals surface area contributed by atoms with Crippen molar-refractivity contribution in [3.8, 4) is 0 Å². The van der Waals surface area contributed by atoms with Crippen LogP contribution in [0, 0.1) is 0 Å². The molecule has 0 aliphatic carbocycles. The first-order valence-electron chi connectivity index (χ1n) is 6.26. The molecule has 0 N–H and O–H groups in total. The van der Waals surface area contributed by atoms with Crippen molar-refractivity contribution < 1.29 is 14.3 Å². The van der Waals surface area contributed by atoms with E-state index < -0.39 is 0 Å². The molecular weight excluding hydrogens is 218 g/mol. The first-order chi connectivity index (χ1) is 7.88. The van der Waals surface area contributed by atoms with Crippen LogP contribution in [0.25, 0.3) is 0 Å². The molecule has 0 aliphatic rings. The summed E-state index contributed by atoms with van der Waals surface area (Å²) in [6, 6.07) is 0. The molecule has 0 radical (unpaired) electrons. The predicted octanol–water partition coefficient (Wildman–Crippen LogP) is 1.73. The molecule has 0 fully saturated rings. The van der Waals surface area contributed by atoms with Crippen LogP contribution in [0.5, 0.6) is 0 Å². The molecule has 0 aromatic carbocycles. The van der Waals surface area contributed by atoms with E-state index in [1.165, 1.54) is 0 Å². The molecule has 0 atom stereocenters. The van der Waals surface area contributed by atoms with Gasteiger partial charge in [-0.05, 0) is 27.8 Å². The fraction of sp³-hybridized carbons (Fsp3) is 0.923. The summed E-state index contributed by atoms with van der Waals surface area (Å²) in [7, 11) is 2.08. The Labute approximate surface area is 105 Å². The summed E-state index contributed by atoms with van der Waals surface area (Å²) in [5.74, 6) is 0.137. The summed E-state index contributed by atoms with van der Waals surface area (Å²) >= 11 is 0. The third-order valence-corrected chi connectivity index (χ3v) is 2.75. The quantitative estimate of drug-likeness (QED) is 0.580. The van der Waals surface area contributed by atoms with Crippen molar-refractivity contribution >= 4 is 5.78 Å². The summed E-state index contributed by atoms with van der Waals surface area (Å²) in [4.78, 5) is 13.2. The lowest BCUT2D eigenvalue weighted by Crippen LogP contribution is -2.40. The van der Waals surface area contributed by atoms with Gasteiger partial charge in [-0.15, -0.1) is 0 Å². The van der Waals surface area contributed by atoms with Gasteiger partial charge in [0.2, 0.25) is 0 Å². The van der Waals surface area contributed by atoms with Crippen LogP contribution in [0.1, 0.15) is 34.1 Å². The van der Waals surface area contributed by atoms with E-state index in [0.29, 0.717) is 26.2 Å². The van der Waals surface area contributed by atoms with Gasteiger partial charge < -0.3 is 9.47 Å². The molecule has 102 valence electrons. The van der Waals surface area contributed by atoms with Crippen LogP contribution in [-0.4, -0.2) is 56.2 Å². The van der Waals surface area contributed by atoms with Crippen LogP contribution in [0.3, 0.4) is 0 Å². The van der Waals surface area contributed by atoms with Crippen LogP contribution >= 0.6 is 0 Å². The molecule has 0 aromatic heterocycles. The number of hydrogen-bond acceptors (Lipinski definition) is 4. The van der Waals surface area contributed by atoms with Gasteiger partial charge in [0.15, 0.2) is 5.78 Å². The second-order valence-electron chi connectivity index (χ2n) is 5.15. The van der Waals surface area contributed by atoms with Crippen LogP contribution in [0.2, 0.25) is 0 Å². The highest BCUT2D eigenvalue weighted by Gasteiger charge is 2.15. The Kier molecular flexibility index (Phi) is 8.39. The molecule has 0 bridgehead atoms. The predicted molar refractivity (Wildman–Crippen MR) is 69.3 cm³/mol. The normalized spacial score (nSPS) is 12.1. The lowest BCUT2D eigenvalue weighted by molar-refractivity contribution is -0.123. The minimum Gasteiger partial charge on any atom is -0.378 e. The number of carbonyl (C=O) groups is 1. The molecule has 0 saturated carbocycles. The SMILES string of the molecule is CCC(=O)COCCOCCN(C)C(C)(C)C. The minimum absolute atomic E-state index is 0.137. The minimum atomic E-state index is 0.137. The lowest BCUT2D eigenvalue weighted by atomic mass is 10.1. The molecule has 0 rings (SSSR count). The van der Waals surface area contributed by atoms with Crippen LogP contribution in [-0.2, 0) is 14.3 Å². The molecule has 0 amide bonds. The highest BCUT2D eigenvalue weighted by molar-refractivity contribution is 5.79. The summed E-state index contributed by atoms with van der Waals surface area (Å²) in [5.41, 5.74) is 0.174. The topological polar surface area (TPSA) is 38.8 Å². The van der Waals surface area contributed by atoms with E-state index in [1.807, 2.05) is 6.92 Å². The zero-order valence-corrected chi connectivity index (χ0v) is 11.9. The van der Waals surface area contributed by atoms with E-state index in [0.717, 1.165) is 6.54 Å². The Morgan fingerprint density at radius 3 is 2.24 bits per heavy atom. The highest BCUT2D eigenvalue weighted by atomic mass is 16.5. The first kappa shape index (κ1) is 16.6. The van der Waals surface area contributed by atoms with Crippen LogP contribution in [0.4, 0.5) is 0 Å². The molecule has 4 heteroatoms. The van der Waals surface area contributed by atoms with Crippen molar-refractivity contribution in [1.82, 2.24) is 4.90 Å². The van der Waals surface area contributed by atoms with E-state index >= 15 is 0 Å². The summed E-state index contributed by atoms with van der Waals surface area (Å²) in [5, 5.41) is 0. The van der Waals surface area contributed by atoms with Gasteiger partial charge in [-0.1, -0.05) is 6.92 Å². The summed E-state index contributed by atoms with van der Waals surface area (Å²) in [6.45, 7) is 11.2. The van der Waals surface area contributed by atoms with Crippen molar-refractivity contribution in [2.24, 2.45) is 0 Å². The largest absolute Gasteiger partial charge is 0.378 e. The van der Waals surface area contributed by atoms with Gasteiger partial charge in [0, 0.05) is 18.5 Å². The molecule has 0 unspecified atom stereocenters. The Balaban J connectivity index is 3.33. The summed E-state index contributed by atoms with van der Waals surface area (Å²) in [6.07, 6.45) is 0.539. The van der Waals surface area contributed by atoms with Crippen molar-refractivity contribution in [2.45, 2.75) is 39.7 Å². The monoisotopic (exact) mass is 245 g/mol. The second-order valence-corrected chi connectivity index (χ2v) is 5.15. The zero-order valence-electron chi connectivity index (χ0n) is 11.9.